The van der Waals surface area contributed by atoms with Crippen LogP contribution in [-0.2, 0) is 12.4 Å². The van der Waals surface area contributed by atoms with Gasteiger partial charge in [0.05, 0.1) is 11.1 Å². The van der Waals surface area contributed by atoms with Crippen LogP contribution < -0.4 is 9.13 Å². The van der Waals surface area contributed by atoms with Gasteiger partial charge in [-0.05, 0) is 35.4 Å². The Hall–Kier alpha value is -3.68. The van der Waals surface area contributed by atoms with Crippen molar-refractivity contribution in [2.45, 2.75) is 12.4 Å². The summed E-state index contributed by atoms with van der Waals surface area (Å²) in [5, 5.41) is 0. The van der Waals surface area contributed by atoms with Crippen LogP contribution in [0.5, 0.6) is 0 Å². The third-order valence-corrected chi connectivity index (χ3v) is 4.98. The Labute approximate surface area is 179 Å². The maximum Gasteiger partial charge on any atom is 0.416 e. The van der Waals surface area contributed by atoms with Gasteiger partial charge in [-0.3, -0.25) is 0 Å². The predicted octanol–water partition coefficient (Wildman–Crippen LogP) is 5.94. The van der Waals surface area contributed by atoms with Crippen LogP contribution in [0.4, 0.5) is 26.3 Å². The number of hydrogen-bond acceptors (Lipinski definition) is 0. The van der Waals surface area contributed by atoms with E-state index in [1.54, 1.807) is 33.9 Å². The third kappa shape index (κ3) is 4.64. The predicted molar refractivity (Wildman–Crippen MR) is 105 cm³/mol. The van der Waals surface area contributed by atoms with Crippen molar-refractivity contribution < 1.29 is 35.5 Å². The smallest absolute Gasteiger partial charge is 0.167 e. The second-order valence-corrected chi connectivity index (χ2v) is 7.08. The quantitative estimate of drug-likeness (QED) is 0.272. The van der Waals surface area contributed by atoms with Gasteiger partial charge in [-0.15, -0.1) is 0 Å². The molecule has 0 amide bonds. The Bertz CT molecular complexity index is 1090. The average molecular weight is 446 g/mol. The summed E-state index contributed by atoms with van der Waals surface area (Å²) in [5.74, 6) is 0. The van der Waals surface area contributed by atoms with E-state index in [0.717, 1.165) is 35.4 Å². The van der Waals surface area contributed by atoms with E-state index >= 15 is 0 Å². The fraction of sp³-hybridized carbons (Fsp3) is 0.0833. The van der Waals surface area contributed by atoms with Crippen molar-refractivity contribution in [1.82, 2.24) is 0 Å². The van der Waals surface area contributed by atoms with Crippen LogP contribution in [0.1, 0.15) is 11.1 Å². The zero-order valence-electron chi connectivity index (χ0n) is 16.4. The van der Waals surface area contributed by atoms with Crippen molar-refractivity contribution in [3.05, 3.63) is 109 Å². The van der Waals surface area contributed by atoms with Crippen LogP contribution in [0.25, 0.3) is 22.5 Å². The van der Waals surface area contributed by atoms with Crippen LogP contribution in [0.3, 0.4) is 0 Å². The lowest BCUT2D eigenvalue weighted by Gasteiger charge is -2.06. The minimum Gasteiger partial charge on any atom is -0.167 e. The Morgan fingerprint density at radius 2 is 0.688 bits per heavy atom. The number of alkyl halides is 6. The van der Waals surface area contributed by atoms with Gasteiger partial charge in [0, 0.05) is 48.5 Å². The average Bonchev–Trinajstić information content (AvgIpc) is 2.78. The molecule has 4 rings (SSSR count). The van der Waals surface area contributed by atoms with E-state index in [9.17, 15) is 26.3 Å². The SMILES string of the molecule is FC(F)(F)c1ccc(-[n+]2ccc(-c3cc[n+](-c4ccc(C(F)(F)F)cc4)cc3)cc2)cc1. The van der Waals surface area contributed by atoms with Crippen molar-refractivity contribution in [3.63, 3.8) is 0 Å². The van der Waals surface area contributed by atoms with Crippen LogP contribution in [-0.4, -0.2) is 0 Å². The molecule has 0 unspecified atom stereocenters. The summed E-state index contributed by atoms with van der Waals surface area (Å²) in [6.45, 7) is 0. The number of aromatic nitrogens is 2. The van der Waals surface area contributed by atoms with Crippen LogP contribution >= 0.6 is 0 Å². The minimum absolute atomic E-state index is 0.595. The van der Waals surface area contributed by atoms with Crippen molar-refractivity contribution in [2.24, 2.45) is 0 Å². The summed E-state index contributed by atoms with van der Waals surface area (Å²) in [6.07, 6.45) is -1.78. The molecule has 2 aromatic carbocycles. The molecule has 0 N–H and O–H groups in total. The highest BCUT2D eigenvalue weighted by Crippen LogP contribution is 2.30. The summed E-state index contributed by atoms with van der Waals surface area (Å²) < 4.78 is 79.7. The summed E-state index contributed by atoms with van der Waals surface area (Å²) in [7, 11) is 0. The normalized spacial score (nSPS) is 12.1. The second kappa shape index (κ2) is 8.11. The fourth-order valence-electron chi connectivity index (χ4n) is 3.23. The lowest BCUT2D eigenvalue weighted by Crippen LogP contribution is -2.30. The first-order chi connectivity index (χ1) is 15.1. The highest BCUT2D eigenvalue weighted by Gasteiger charge is 2.31. The van der Waals surface area contributed by atoms with E-state index in [1.165, 1.54) is 24.3 Å². The molecule has 4 aromatic rings. The summed E-state index contributed by atoms with van der Waals surface area (Å²) in [5.41, 5.74) is 1.55. The van der Waals surface area contributed by atoms with E-state index in [-0.39, 0.29) is 0 Å². The first-order valence-corrected chi connectivity index (χ1v) is 9.49. The van der Waals surface area contributed by atoms with Gasteiger partial charge in [0.15, 0.2) is 24.8 Å². The largest absolute Gasteiger partial charge is 0.416 e. The molecule has 162 valence electrons. The topological polar surface area (TPSA) is 7.76 Å². The Morgan fingerprint density at radius 3 is 0.938 bits per heavy atom. The number of halogens is 6. The van der Waals surface area contributed by atoms with Gasteiger partial charge in [-0.25, -0.2) is 0 Å². The summed E-state index contributed by atoms with van der Waals surface area (Å²) >= 11 is 0. The number of hydrogen-bond donors (Lipinski definition) is 0. The zero-order valence-corrected chi connectivity index (χ0v) is 16.4. The molecule has 0 saturated carbocycles. The van der Waals surface area contributed by atoms with Crippen LogP contribution in [0.2, 0.25) is 0 Å². The maximum atomic E-state index is 12.7. The molecular weight excluding hydrogens is 430 g/mol. The Balaban J connectivity index is 1.51. The number of nitrogens with zero attached hydrogens (tertiary/aromatic N) is 2. The van der Waals surface area contributed by atoms with E-state index in [2.05, 4.69) is 0 Å². The summed E-state index contributed by atoms with van der Waals surface area (Å²) in [6, 6.07) is 17.1. The highest BCUT2D eigenvalue weighted by atomic mass is 19.4. The van der Waals surface area contributed by atoms with Crippen molar-refractivity contribution in [2.75, 3.05) is 0 Å². The second-order valence-electron chi connectivity index (χ2n) is 7.08. The molecule has 2 heterocycles. The van der Waals surface area contributed by atoms with Crippen molar-refractivity contribution in [1.29, 1.82) is 0 Å². The van der Waals surface area contributed by atoms with Gasteiger partial charge in [-0.2, -0.15) is 35.5 Å². The molecular formula is C24H16F6N2+2. The summed E-state index contributed by atoms with van der Waals surface area (Å²) in [4.78, 5) is 0. The minimum atomic E-state index is -4.38. The molecule has 0 saturated heterocycles. The molecule has 0 radical (unpaired) electrons. The maximum absolute atomic E-state index is 12.7. The van der Waals surface area contributed by atoms with Crippen LogP contribution in [0.15, 0.2) is 97.6 Å². The van der Waals surface area contributed by atoms with Gasteiger partial charge in [-0.1, -0.05) is 0 Å². The molecule has 0 aliphatic rings. The first kappa shape index (κ1) is 21.5. The molecule has 0 aliphatic carbocycles. The molecule has 8 heteroatoms. The standard InChI is InChI=1S/C24H16F6N2/c25-23(26,27)19-1-5-21(6-2-19)31-13-9-17(10-14-31)18-11-15-32(16-12-18)22-7-3-20(4-8-22)24(28,29)30/h1-16H/q+2. The van der Waals surface area contributed by atoms with Gasteiger partial charge in [0.2, 0.25) is 11.4 Å². The van der Waals surface area contributed by atoms with E-state index < -0.39 is 23.5 Å². The lowest BCUT2D eigenvalue weighted by atomic mass is 10.1. The molecule has 2 nitrogen and oxygen atoms in total. The van der Waals surface area contributed by atoms with Gasteiger partial charge < -0.3 is 0 Å². The third-order valence-electron chi connectivity index (χ3n) is 4.98. The zero-order chi connectivity index (χ0) is 22.9. The van der Waals surface area contributed by atoms with E-state index in [1.807, 2.05) is 24.3 Å². The Morgan fingerprint density at radius 1 is 0.406 bits per heavy atom. The fourth-order valence-corrected chi connectivity index (χ4v) is 3.23. The van der Waals surface area contributed by atoms with E-state index in [4.69, 9.17) is 0 Å². The van der Waals surface area contributed by atoms with E-state index in [0.29, 0.717) is 11.4 Å². The van der Waals surface area contributed by atoms with Crippen LogP contribution in [0, 0.1) is 0 Å². The Kier molecular flexibility index (Phi) is 5.46. The molecule has 2 aromatic heterocycles. The van der Waals surface area contributed by atoms with Gasteiger partial charge >= 0.3 is 12.4 Å². The molecule has 0 aliphatic heterocycles. The lowest BCUT2D eigenvalue weighted by molar-refractivity contribution is -0.596. The van der Waals surface area contributed by atoms with Gasteiger partial charge in [0.1, 0.15) is 0 Å². The molecule has 0 spiro atoms. The first-order valence-electron chi connectivity index (χ1n) is 9.49. The monoisotopic (exact) mass is 446 g/mol. The highest BCUT2D eigenvalue weighted by molar-refractivity contribution is 5.61. The molecule has 0 bridgehead atoms. The number of pyridine rings is 2. The van der Waals surface area contributed by atoms with Crippen molar-refractivity contribution >= 4 is 0 Å². The van der Waals surface area contributed by atoms with Gasteiger partial charge in [0.25, 0.3) is 0 Å². The number of rotatable bonds is 3. The number of benzene rings is 2. The molecule has 0 fully saturated rings. The van der Waals surface area contributed by atoms with Crippen molar-refractivity contribution in [3.8, 4) is 22.5 Å². The molecule has 32 heavy (non-hydrogen) atoms. The molecule has 0 atom stereocenters.